The van der Waals surface area contributed by atoms with Crippen LogP contribution in [0, 0.1) is 5.82 Å². The number of halogens is 3. The molecule has 0 amide bonds. The van der Waals surface area contributed by atoms with E-state index in [0.717, 1.165) is 0 Å². The zero-order valence-corrected chi connectivity index (χ0v) is 10.6. The van der Waals surface area contributed by atoms with E-state index in [1.54, 1.807) is 19.1 Å². The summed E-state index contributed by atoms with van der Waals surface area (Å²) in [5.41, 5.74) is 0.283. The van der Waals surface area contributed by atoms with E-state index < -0.39 is 5.82 Å². The lowest BCUT2D eigenvalue weighted by molar-refractivity contribution is 0.631. The van der Waals surface area contributed by atoms with Gasteiger partial charge in [0.05, 0.1) is 16.0 Å². The number of rotatable bonds is 2. The first-order chi connectivity index (χ1) is 7.59. The van der Waals surface area contributed by atoms with Gasteiger partial charge in [0.25, 0.3) is 0 Å². The van der Waals surface area contributed by atoms with Crippen LogP contribution in [-0.2, 0) is 0 Å². The molecule has 2 aromatic rings. The topological polar surface area (TPSA) is 25.8 Å². The fraction of sp³-hybridized carbons (Fsp3) is 0.200. The average Bonchev–Trinajstić information content (AvgIpc) is 2.66. The number of hydrogen-bond donors (Lipinski definition) is 0. The summed E-state index contributed by atoms with van der Waals surface area (Å²) in [5, 5.41) is 8.96. The van der Waals surface area contributed by atoms with Gasteiger partial charge < -0.3 is 0 Å². The molecule has 1 atom stereocenters. The predicted octanol–water partition coefficient (Wildman–Crippen LogP) is 4.30. The third kappa shape index (κ3) is 2.19. The van der Waals surface area contributed by atoms with Crippen molar-refractivity contribution >= 4 is 34.5 Å². The second kappa shape index (κ2) is 4.65. The molecule has 2 rings (SSSR count). The van der Waals surface area contributed by atoms with Gasteiger partial charge in [-0.05, 0) is 19.1 Å². The minimum Gasteiger partial charge on any atom is -0.206 e. The molecular formula is C10H7Cl2FN2S. The van der Waals surface area contributed by atoms with Crippen LogP contribution in [0.2, 0.25) is 5.02 Å². The third-order valence-corrected chi connectivity index (χ3v) is 3.73. The number of aromatic nitrogens is 2. The fourth-order valence-electron chi connectivity index (χ4n) is 1.20. The van der Waals surface area contributed by atoms with Crippen LogP contribution in [0.15, 0.2) is 18.2 Å². The van der Waals surface area contributed by atoms with Crippen LogP contribution in [0.3, 0.4) is 0 Å². The summed E-state index contributed by atoms with van der Waals surface area (Å²) in [6, 6.07) is 4.50. The van der Waals surface area contributed by atoms with Crippen LogP contribution < -0.4 is 0 Å². The molecule has 0 spiro atoms. The molecular weight excluding hydrogens is 270 g/mol. The van der Waals surface area contributed by atoms with Crippen molar-refractivity contribution in [3.8, 4) is 10.6 Å². The molecule has 0 bridgehead atoms. The molecule has 1 aromatic heterocycles. The summed E-state index contributed by atoms with van der Waals surface area (Å²) >= 11 is 13.0. The summed E-state index contributed by atoms with van der Waals surface area (Å²) < 4.78 is 13.6. The smallest absolute Gasteiger partial charge is 0.152 e. The van der Waals surface area contributed by atoms with Crippen LogP contribution >= 0.6 is 34.5 Å². The molecule has 0 aliphatic carbocycles. The van der Waals surface area contributed by atoms with Gasteiger partial charge in [-0.15, -0.1) is 21.8 Å². The minimum absolute atomic E-state index is 0.239. The Morgan fingerprint density at radius 2 is 2.12 bits per heavy atom. The largest absolute Gasteiger partial charge is 0.206 e. The van der Waals surface area contributed by atoms with Gasteiger partial charge in [-0.1, -0.05) is 29.0 Å². The molecule has 0 aliphatic heterocycles. The Labute approximate surface area is 106 Å². The van der Waals surface area contributed by atoms with E-state index in [-0.39, 0.29) is 10.9 Å². The van der Waals surface area contributed by atoms with Crippen molar-refractivity contribution < 1.29 is 4.39 Å². The van der Waals surface area contributed by atoms with E-state index in [2.05, 4.69) is 10.2 Å². The number of hydrogen-bond acceptors (Lipinski definition) is 3. The van der Waals surface area contributed by atoms with Gasteiger partial charge in [0.15, 0.2) is 5.01 Å². The Kier molecular flexibility index (Phi) is 3.42. The lowest BCUT2D eigenvalue weighted by Gasteiger charge is -2.00. The maximum atomic E-state index is 13.6. The lowest BCUT2D eigenvalue weighted by atomic mass is 10.2. The van der Waals surface area contributed by atoms with Crippen LogP contribution in [-0.4, -0.2) is 10.2 Å². The van der Waals surface area contributed by atoms with Gasteiger partial charge in [-0.25, -0.2) is 4.39 Å². The van der Waals surface area contributed by atoms with E-state index in [9.17, 15) is 4.39 Å². The molecule has 0 saturated heterocycles. The maximum absolute atomic E-state index is 13.6. The SMILES string of the molecule is CC(Cl)c1nnc(-c2c(F)cccc2Cl)s1. The normalized spacial score (nSPS) is 12.8. The van der Waals surface area contributed by atoms with Gasteiger partial charge in [0.2, 0.25) is 0 Å². The zero-order valence-electron chi connectivity index (χ0n) is 8.25. The Hall–Kier alpha value is -0.710. The highest BCUT2D eigenvalue weighted by atomic mass is 35.5. The van der Waals surface area contributed by atoms with E-state index >= 15 is 0 Å². The van der Waals surface area contributed by atoms with Gasteiger partial charge in [-0.2, -0.15) is 0 Å². The zero-order chi connectivity index (χ0) is 11.7. The monoisotopic (exact) mass is 276 g/mol. The standard InChI is InChI=1S/C10H7Cl2FN2S/c1-5(11)9-14-15-10(16-9)8-6(12)3-2-4-7(8)13/h2-5H,1H3. The molecule has 0 fully saturated rings. The van der Waals surface area contributed by atoms with Crippen molar-refractivity contribution in [3.63, 3.8) is 0 Å². The first kappa shape index (κ1) is 11.8. The van der Waals surface area contributed by atoms with E-state index in [0.29, 0.717) is 15.0 Å². The van der Waals surface area contributed by atoms with Crippen molar-refractivity contribution in [2.75, 3.05) is 0 Å². The number of alkyl halides is 1. The molecule has 1 aromatic carbocycles. The van der Waals surface area contributed by atoms with Gasteiger partial charge in [0, 0.05) is 0 Å². The highest BCUT2D eigenvalue weighted by molar-refractivity contribution is 7.15. The number of benzene rings is 1. The first-order valence-electron chi connectivity index (χ1n) is 4.51. The molecule has 6 heteroatoms. The van der Waals surface area contributed by atoms with Crippen molar-refractivity contribution in [2.24, 2.45) is 0 Å². The molecule has 0 saturated carbocycles. The Balaban J connectivity index is 2.50. The van der Waals surface area contributed by atoms with Gasteiger partial charge >= 0.3 is 0 Å². The van der Waals surface area contributed by atoms with E-state index in [1.807, 2.05) is 0 Å². The van der Waals surface area contributed by atoms with Crippen molar-refractivity contribution in [1.82, 2.24) is 10.2 Å². The van der Waals surface area contributed by atoms with Gasteiger partial charge in [0.1, 0.15) is 10.8 Å². The van der Waals surface area contributed by atoms with Crippen LogP contribution in [0.25, 0.3) is 10.6 Å². The molecule has 0 aliphatic rings. The lowest BCUT2D eigenvalue weighted by Crippen LogP contribution is -1.84. The van der Waals surface area contributed by atoms with Gasteiger partial charge in [-0.3, -0.25) is 0 Å². The minimum atomic E-state index is -0.405. The van der Waals surface area contributed by atoms with Crippen molar-refractivity contribution in [3.05, 3.63) is 34.0 Å². The third-order valence-electron chi connectivity index (χ3n) is 1.96. The quantitative estimate of drug-likeness (QED) is 0.765. The Bertz CT molecular complexity index is 493. The summed E-state index contributed by atoms with van der Waals surface area (Å²) in [6.07, 6.45) is 0. The van der Waals surface area contributed by atoms with Crippen molar-refractivity contribution in [1.29, 1.82) is 0 Å². The van der Waals surface area contributed by atoms with Crippen LogP contribution in [0.1, 0.15) is 17.3 Å². The molecule has 1 heterocycles. The molecule has 0 N–H and O–H groups in total. The Morgan fingerprint density at radius 3 is 2.69 bits per heavy atom. The molecule has 16 heavy (non-hydrogen) atoms. The maximum Gasteiger partial charge on any atom is 0.152 e. The fourth-order valence-corrected chi connectivity index (χ4v) is 2.52. The molecule has 84 valence electrons. The number of nitrogens with zero attached hydrogens (tertiary/aromatic N) is 2. The Morgan fingerprint density at radius 1 is 1.38 bits per heavy atom. The summed E-state index contributed by atoms with van der Waals surface area (Å²) in [6.45, 7) is 1.79. The van der Waals surface area contributed by atoms with Crippen LogP contribution in [0.5, 0.6) is 0 Å². The highest BCUT2D eigenvalue weighted by Gasteiger charge is 2.16. The summed E-state index contributed by atoms with van der Waals surface area (Å²) in [7, 11) is 0. The predicted molar refractivity (Wildman–Crippen MR) is 64.6 cm³/mol. The van der Waals surface area contributed by atoms with E-state index in [4.69, 9.17) is 23.2 Å². The highest BCUT2D eigenvalue weighted by Crippen LogP contribution is 2.34. The second-order valence-corrected chi connectivity index (χ2v) is 5.23. The van der Waals surface area contributed by atoms with E-state index in [1.165, 1.54) is 17.4 Å². The molecule has 0 radical (unpaired) electrons. The average molecular weight is 277 g/mol. The van der Waals surface area contributed by atoms with Crippen molar-refractivity contribution in [2.45, 2.75) is 12.3 Å². The molecule has 2 nitrogen and oxygen atoms in total. The molecule has 1 unspecified atom stereocenters. The summed E-state index contributed by atoms with van der Waals surface area (Å²) in [5.74, 6) is -0.405. The van der Waals surface area contributed by atoms with Crippen LogP contribution in [0.4, 0.5) is 4.39 Å². The first-order valence-corrected chi connectivity index (χ1v) is 6.14. The second-order valence-electron chi connectivity index (χ2n) is 3.16. The summed E-state index contributed by atoms with van der Waals surface area (Å²) in [4.78, 5) is 0.